The number of nitrogens with zero attached hydrogens (tertiary/aromatic N) is 1. The molecule has 1 N–H and O–H groups in total. The average Bonchev–Trinajstić information content (AvgIpc) is 2.94. The number of thiazole rings is 1. The molecule has 0 aliphatic rings. The number of thiophene rings is 1. The van der Waals surface area contributed by atoms with Gasteiger partial charge in [0.1, 0.15) is 9.34 Å². The summed E-state index contributed by atoms with van der Waals surface area (Å²) in [7, 11) is 0. The third kappa shape index (κ3) is 2.44. The average molecular weight is 281 g/mol. The lowest BCUT2D eigenvalue weighted by Crippen LogP contribution is -1.97. The molecule has 2 heterocycles. The quantitative estimate of drug-likeness (QED) is 0.757. The Morgan fingerprint density at radius 1 is 1.29 bits per heavy atom. The molecule has 0 bridgehead atoms. The summed E-state index contributed by atoms with van der Waals surface area (Å²) in [4.78, 5) is 4.21. The molecule has 17 heavy (non-hydrogen) atoms. The van der Waals surface area contributed by atoms with Gasteiger partial charge in [0.05, 0.1) is 12.7 Å². The molecule has 0 spiro atoms. The summed E-state index contributed by atoms with van der Waals surface area (Å²) in [5, 5.41) is 7.73. The fraction of sp³-hybridized carbons (Fsp3) is 0.0833. The normalized spacial score (nSPS) is 10.9. The third-order valence-corrected chi connectivity index (χ3v) is 4.43. The topological polar surface area (TPSA) is 24.9 Å². The van der Waals surface area contributed by atoms with E-state index in [0.29, 0.717) is 6.54 Å². The summed E-state index contributed by atoms with van der Waals surface area (Å²) in [5.41, 5.74) is 1.11. The van der Waals surface area contributed by atoms with E-state index < -0.39 is 0 Å². The van der Waals surface area contributed by atoms with E-state index in [-0.39, 0.29) is 0 Å². The van der Waals surface area contributed by atoms with E-state index in [9.17, 15) is 0 Å². The van der Waals surface area contributed by atoms with Gasteiger partial charge in [-0.3, -0.25) is 0 Å². The van der Waals surface area contributed by atoms with E-state index in [1.165, 1.54) is 21.4 Å². The van der Waals surface area contributed by atoms with Crippen LogP contribution >= 0.6 is 34.3 Å². The smallest absolute Gasteiger partial charge is 0.113 e. The van der Waals surface area contributed by atoms with Crippen LogP contribution in [-0.2, 0) is 6.54 Å². The Hall–Kier alpha value is -1.10. The van der Waals surface area contributed by atoms with Gasteiger partial charge in [0, 0.05) is 10.4 Å². The molecule has 0 aliphatic heterocycles. The minimum absolute atomic E-state index is 0.715. The summed E-state index contributed by atoms with van der Waals surface area (Å²) in [5.74, 6) is 0. The molecule has 0 saturated carbocycles. The number of hydrogen-bond donors (Lipinski definition) is 1. The summed E-state index contributed by atoms with van der Waals surface area (Å²) in [6, 6.07) is 8.51. The first-order valence-electron chi connectivity index (χ1n) is 5.12. The summed E-state index contributed by atoms with van der Waals surface area (Å²) in [6.45, 7) is 0.715. The van der Waals surface area contributed by atoms with Gasteiger partial charge >= 0.3 is 0 Å². The first-order valence-corrected chi connectivity index (χ1v) is 7.20. The van der Waals surface area contributed by atoms with Crippen LogP contribution in [0.4, 0.5) is 5.69 Å². The SMILES string of the molecule is Clc1cnc(CNc2ccc3sccc3c2)s1. The van der Waals surface area contributed by atoms with Crippen molar-refractivity contribution in [3.63, 3.8) is 0 Å². The fourth-order valence-electron chi connectivity index (χ4n) is 1.62. The molecule has 0 aliphatic carbocycles. The molecular formula is C12H9ClN2S2. The second-order valence-electron chi connectivity index (χ2n) is 3.58. The lowest BCUT2D eigenvalue weighted by atomic mass is 10.2. The minimum atomic E-state index is 0.715. The fourth-order valence-corrected chi connectivity index (χ4v) is 3.29. The van der Waals surface area contributed by atoms with Crippen molar-refractivity contribution in [1.29, 1.82) is 0 Å². The lowest BCUT2D eigenvalue weighted by molar-refractivity contribution is 1.10. The zero-order chi connectivity index (χ0) is 11.7. The number of halogens is 1. The molecule has 0 saturated heterocycles. The van der Waals surface area contributed by atoms with Crippen molar-refractivity contribution in [3.8, 4) is 0 Å². The Bertz CT molecular complexity index is 645. The Kier molecular flexibility index (Phi) is 3.01. The predicted octanol–water partition coefficient (Wildman–Crippen LogP) is 4.62. The van der Waals surface area contributed by atoms with Crippen molar-refractivity contribution in [2.24, 2.45) is 0 Å². The Balaban J connectivity index is 1.76. The van der Waals surface area contributed by atoms with Crippen molar-refractivity contribution in [1.82, 2.24) is 4.98 Å². The van der Waals surface area contributed by atoms with Crippen LogP contribution in [0.1, 0.15) is 5.01 Å². The minimum Gasteiger partial charge on any atom is -0.379 e. The predicted molar refractivity (Wildman–Crippen MR) is 76.3 cm³/mol. The van der Waals surface area contributed by atoms with E-state index in [1.807, 2.05) is 0 Å². The third-order valence-electron chi connectivity index (χ3n) is 2.42. The van der Waals surface area contributed by atoms with E-state index in [0.717, 1.165) is 15.0 Å². The highest BCUT2D eigenvalue weighted by Gasteiger charge is 2.01. The molecule has 0 radical (unpaired) electrons. The molecule has 1 aromatic carbocycles. The largest absolute Gasteiger partial charge is 0.379 e. The highest BCUT2D eigenvalue weighted by molar-refractivity contribution is 7.17. The molecule has 3 rings (SSSR count). The second kappa shape index (κ2) is 4.64. The molecule has 3 aromatic rings. The molecular weight excluding hydrogens is 272 g/mol. The number of fused-ring (bicyclic) bond motifs is 1. The summed E-state index contributed by atoms with van der Waals surface area (Å²) in [6.07, 6.45) is 1.69. The van der Waals surface area contributed by atoms with Crippen LogP contribution in [0.2, 0.25) is 4.34 Å². The zero-order valence-electron chi connectivity index (χ0n) is 8.81. The maximum atomic E-state index is 5.84. The van der Waals surface area contributed by atoms with Crippen molar-refractivity contribution < 1.29 is 0 Å². The van der Waals surface area contributed by atoms with Crippen LogP contribution in [0.3, 0.4) is 0 Å². The molecule has 0 atom stereocenters. The van der Waals surface area contributed by atoms with Crippen molar-refractivity contribution in [2.45, 2.75) is 6.54 Å². The maximum Gasteiger partial charge on any atom is 0.113 e. The van der Waals surface area contributed by atoms with Crippen molar-refractivity contribution >= 4 is 50.0 Å². The number of anilines is 1. The second-order valence-corrected chi connectivity index (χ2v) is 6.28. The highest BCUT2D eigenvalue weighted by atomic mass is 35.5. The first kappa shape index (κ1) is 11.0. The molecule has 86 valence electrons. The van der Waals surface area contributed by atoms with Gasteiger partial charge in [-0.05, 0) is 35.0 Å². The number of benzene rings is 1. The molecule has 5 heteroatoms. The summed E-state index contributed by atoms with van der Waals surface area (Å²) < 4.78 is 2.04. The highest BCUT2D eigenvalue weighted by Crippen LogP contribution is 2.25. The monoisotopic (exact) mass is 280 g/mol. The Labute approximate surface area is 112 Å². The number of rotatable bonds is 3. The Morgan fingerprint density at radius 2 is 2.24 bits per heavy atom. The van der Waals surface area contributed by atoms with E-state index in [2.05, 4.69) is 39.9 Å². The van der Waals surface area contributed by atoms with Crippen LogP contribution in [-0.4, -0.2) is 4.98 Å². The standard InChI is InChI=1S/C12H9ClN2S2/c13-11-6-15-12(17-11)7-14-9-1-2-10-8(5-9)3-4-16-10/h1-6,14H,7H2. The Morgan fingerprint density at radius 3 is 3.06 bits per heavy atom. The first-order chi connectivity index (χ1) is 8.31. The number of nitrogens with one attached hydrogen (secondary N) is 1. The van der Waals surface area contributed by atoms with Crippen LogP contribution in [0.25, 0.3) is 10.1 Å². The van der Waals surface area contributed by atoms with Gasteiger partial charge in [-0.1, -0.05) is 11.6 Å². The van der Waals surface area contributed by atoms with Crippen LogP contribution in [0.5, 0.6) is 0 Å². The van der Waals surface area contributed by atoms with E-state index in [4.69, 9.17) is 11.6 Å². The zero-order valence-corrected chi connectivity index (χ0v) is 11.2. The molecule has 2 nitrogen and oxygen atoms in total. The van der Waals surface area contributed by atoms with E-state index in [1.54, 1.807) is 17.5 Å². The van der Waals surface area contributed by atoms with Crippen molar-refractivity contribution in [2.75, 3.05) is 5.32 Å². The van der Waals surface area contributed by atoms with Gasteiger partial charge in [-0.25, -0.2) is 4.98 Å². The van der Waals surface area contributed by atoms with Crippen molar-refractivity contribution in [3.05, 3.63) is 45.2 Å². The summed E-state index contributed by atoms with van der Waals surface area (Å²) >= 11 is 9.10. The number of hydrogen-bond acceptors (Lipinski definition) is 4. The lowest BCUT2D eigenvalue weighted by Gasteiger charge is -2.03. The van der Waals surface area contributed by atoms with Crippen LogP contribution < -0.4 is 5.32 Å². The molecule has 2 aromatic heterocycles. The van der Waals surface area contributed by atoms with Gasteiger partial charge in [0.15, 0.2) is 0 Å². The maximum absolute atomic E-state index is 5.84. The van der Waals surface area contributed by atoms with Gasteiger partial charge in [0.2, 0.25) is 0 Å². The van der Waals surface area contributed by atoms with Gasteiger partial charge in [0.25, 0.3) is 0 Å². The van der Waals surface area contributed by atoms with Gasteiger partial charge in [-0.2, -0.15) is 0 Å². The van der Waals surface area contributed by atoms with E-state index >= 15 is 0 Å². The number of aromatic nitrogens is 1. The van der Waals surface area contributed by atoms with Gasteiger partial charge < -0.3 is 5.32 Å². The van der Waals surface area contributed by atoms with Gasteiger partial charge in [-0.15, -0.1) is 22.7 Å². The molecule has 0 fully saturated rings. The van der Waals surface area contributed by atoms with Crippen LogP contribution in [0, 0.1) is 0 Å². The molecule has 0 unspecified atom stereocenters. The van der Waals surface area contributed by atoms with Crippen LogP contribution in [0.15, 0.2) is 35.8 Å². The molecule has 0 amide bonds.